The Balaban J connectivity index is 1.18. The molecule has 4 atom stereocenters. The van der Waals surface area contributed by atoms with Gasteiger partial charge in [-0.1, -0.05) is 50.7 Å². The number of fused-ring (bicyclic) bond motifs is 2. The van der Waals surface area contributed by atoms with Crippen LogP contribution < -0.4 is 0 Å². The molecular formula is C28H46N2O2. The van der Waals surface area contributed by atoms with E-state index in [-0.39, 0.29) is 0 Å². The van der Waals surface area contributed by atoms with Gasteiger partial charge in [0, 0.05) is 26.2 Å². The molecule has 0 unspecified atom stereocenters. The van der Waals surface area contributed by atoms with Gasteiger partial charge in [0.15, 0.2) is 0 Å². The summed E-state index contributed by atoms with van der Waals surface area (Å²) in [5.74, 6) is 0. The van der Waals surface area contributed by atoms with E-state index in [1.54, 1.807) is 11.1 Å². The molecule has 0 aromatic rings. The second-order valence-electron chi connectivity index (χ2n) is 10.9. The van der Waals surface area contributed by atoms with E-state index in [0.29, 0.717) is 24.7 Å². The maximum absolute atomic E-state index is 6.67. The molecule has 0 N–H and O–H groups in total. The van der Waals surface area contributed by atoms with Gasteiger partial charge in [0.1, 0.15) is 12.5 Å². The van der Waals surface area contributed by atoms with Gasteiger partial charge in [-0.3, -0.25) is 9.80 Å². The Kier molecular flexibility index (Phi) is 8.40. The normalized spacial score (nSPS) is 36.6. The van der Waals surface area contributed by atoms with Crippen molar-refractivity contribution in [1.29, 1.82) is 0 Å². The summed E-state index contributed by atoms with van der Waals surface area (Å²) in [5, 5.41) is 0. The summed E-state index contributed by atoms with van der Waals surface area (Å²) < 4.78 is 13.3. The Labute approximate surface area is 196 Å². The van der Waals surface area contributed by atoms with Crippen LogP contribution in [-0.2, 0) is 9.47 Å². The zero-order chi connectivity index (χ0) is 21.6. The Morgan fingerprint density at radius 3 is 1.50 bits per heavy atom. The van der Waals surface area contributed by atoms with Crippen LogP contribution in [0.2, 0.25) is 0 Å². The highest BCUT2D eigenvalue weighted by Gasteiger charge is 2.34. The van der Waals surface area contributed by atoms with E-state index < -0.39 is 0 Å². The van der Waals surface area contributed by atoms with Crippen LogP contribution in [-0.4, -0.2) is 60.6 Å². The second kappa shape index (κ2) is 11.6. The monoisotopic (exact) mass is 442 g/mol. The first-order valence-electron chi connectivity index (χ1n) is 14.0. The van der Waals surface area contributed by atoms with E-state index in [1.165, 1.54) is 129 Å². The van der Waals surface area contributed by atoms with Gasteiger partial charge in [-0.25, -0.2) is 0 Å². The number of hydrogen-bond donors (Lipinski definition) is 0. The molecule has 0 aromatic carbocycles. The predicted octanol–water partition coefficient (Wildman–Crippen LogP) is 6.18. The van der Waals surface area contributed by atoms with Crippen LogP contribution >= 0.6 is 0 Å². The minimum atomic E-state index is 0.293. The van der Waals surface area contributed by atoms with Crippen molar-refractivity contribution in [3.63, 3.8) is 0 Å². The first-order chi connectivity index (χ1) is 15.9. The van der Waals surface area contributed by atoms with Crippen LogP contribution in [0.4, 0.5) is 0 Å². The molecule has 5 aliphatic rings. The molecule has 32 heavy (non-hydrogen) atoms. The van der Waals surface area contributed by atoms with Crippen LogP contribution in [0.15, 0.2) is 23.3 Å². The molecule has 0 spiro atoms. The van der Waals surface area contributed by atoms with Crippen LogP contribution in [0.1, 0.15) is 103 Å². The number of nitrogens with zero attached hydrogens (tertiary/aromatic N) is 2. The fourth-order valence-electron chi connectivity index (χ4n) is 6.65. The van der Waals surface area contributed by atoms with Crippen LogP contribution in [0, 0.1) is 0 Å². The van der Waals surface area contributed by atoms with Gasteiger partial charge in [0.05, 0.1) is 12.2 Å². The summed E-state index contributed by atoms with van der Waals surface area (Å²) in [6, 6.07) is 0. The van der Waals surface area contributed by atoms with Crippen molar-refractivity contribution in [2.45, 2.75) is 127 Å². The summed E-state index contributed by atoms with van der Waals surface area (Å²) in [7, 11) is 0. The SMILES string of the molecule is C1=C2CCCCCC[C@H]3CCN4CCC=C(CCCCCC[C@H]5CCN(CC1)[C@@H]2O5)[C@H]4O3. The van der Waals surface area contributed by atoms with Crippen LogP contribution in [0.3, 0.4) is 0 Å². The van der Waals surface area contributed by atoms with E-state index in [4.69, 9.17) is 9.47 Å². The molecule has 0 radical (unpaired) electrons. The molecule has 4 heteroatoms. The van der Waals surface area contributed by atoms with Crippen molar-refractivity contribution in [2.75, 3.05) is 26.2 Å². The lowest BCUT2D eigenvalue weighted by molar-refractivity contribution is -0.127. The fraction of sp³-hybridized carbons (Fsp3) is 0.857. The Bertz CT molecular complexity index is 604. The van der Waals surface area contributed by atoms with Gasteiger partial charge in [0.25, 0.3) is 0 Å². The molecule has 5 rings (SSSR count). The number of rotatable bonds is 0. The molecular weight excluding hydrogens is 396 g/mol. The number of ether oxygens (including phenoxy) is 2. The van der Waals surface area contributed by atoms with Crippen molar-refractivity contribution in [3.8, 4) is 0 Å². The van der Waals surface area contributed by atoms with Gasteiger partial charge in [-0.15, -0.1) is 0 Å². The lowest BCUT2D eigenvalue weighted by Gasteiger charge is -2.43. The predicted molar refractivity (Wildman–Crippen MR) is 131 cm³/mol. The second-order valence-corrected chi connectivity index (χ2v) is 10.9. The molecule has 0 amide bonds. The first-order valence-corrected chi connectivity index (χ1v) is 14.0. The summed E-state index contributed by atoms with van der Waals surface area (Å²) in [6.45, 7) is 4.85. The molecule has 3 fully saturated rings. The van der Waals surface area contributed by atoms with Crippen molar-refractivity contribution >= 4 is 0 Å². The van der Waals surface area contributed by atoms with Crippen molar-refractivity contribution in [3.05, 3.63) is 23.3 Å². The average molecular weight is 443 g/mol. The van der Waals surface area contributed by atoms with Gasteiger partial charge in [-0.2, -0.15) is 0 Å². The van der Waals surface area contributed by atoms with Crippen LogP contribution in [0.25, 0.3) is 0 Å². The maximum atomic E-state index is 6.67. The topological polar surface area (TPSA) is 24.9 Å². The van der Waals surface area contributed by atoms with Gasteiger partial charge < -0.3 is 9.47 Å². The van der Waals surface area contributed by atoms with Gasteiger partial charge >= 0.3 is 0 Å². The van der Waals surface area contributed by atoms with E-state index in [1.807, 2.05) is 0 Å². The van der Waals surface area contributed by atoms with Crippen LogP contribution in [0.5, 0.6) is 0 Å². The van der Waals surface area contributed by atoms with Crippen molar-refractivity contribution in [2.24, 2.45) is 0 Å². The molecule has 3 saturated heterocycles. The smallest absolute Gasteiger partial charge is 0.133 e. The summed E-state index contributed by atoms with van der Waals surface area (Å²) in [4.78, 5) is 5.21. The minimum absolute atomic E-state index is 0.293. The van der Waals surface area contributed by atoms with Gasteiger partial charge in [-0.05, 0) is 75.4 Å². The molecule has 5 heterocycles. The van der Waals surface area contributed by atoms with E-state index in [0.717, 1.165) is 0 Å². The van der Waals surface area contributed by atoms with Gasteiger partial charge in [0.2, 0.25) is 0 Å². The summed E-state index contributed by atoms with van der Waals surface area (Å²) in [6.07, 6.45) is 27.1. The average Bonchev–Trinajstić information content (AvgIpc) is 2.83. The van der Waals surface area contributed by atoms with E-state index in [9.17, 15) is 0 Å². The molecule has 4 nitrogen and oxygen atoms in total. The number of hydrogen-bond acceptors (Lipinski definition) is 4. The largest absolute Gasteiger partial charge is 0.356 e. The molecule has 0 aliphatic carbocycles. The Hall–Kier alpha value is -0.680. The van der Waals surface area contributed by atoms with E-state index in [2.05, 4.69) is 22.0 Å². The summed E-state index contributed by atoms with van der Waals surface area (Å²) >= 11 is 0. The van der Waals surface area contributed by atoms with Crippen molar-refractivity contribution in [1.82, 2.24) is 9.80 Å². The minimum Gasteiger partial charge on any atom is -0.356 e. The fourth-order valence-corrected chi connectivity index (χ4v) is 6.65. The summed E-state index contributed by atoms with van der Waals surface area (Å²) in [5.41, 5.74) is 3.17. The zero-order valence-corrected chi connectivity index (χ0v) is 20.3. The lowest BCUT2D eigenvalue weighted by Crippen LogP contribution is -2.49. The third kappa shape index (κ3) is 5.87. The quantitative estimate of drug-likeness (QED) is 0.419. The third-order valence-corrected chi connectivity index (χ3v) is 8.55. The molecule has 4 bridgehead atoms. The molecule has 0 aromatic heterocycles. The third-order valence-electron chi connectivity index (χ3n) is 8.55. The highest BCUT2D eigenvalue weighted by Crippen LogP contribution is 2.33. The molecule has 180 valence electrons. The van der Waals surface area contributed by atoms with E-state index >= 15 is 0 Å². The Morgan fingerprint density at radius 2 is 1.00 bits per heavy atom. The van der Waals surface area contributed by atoms with Crippen molar-refractivity contribution < 1.29 is 9.47 Å². The molecule has 0 saturated carbocycles. The highest BCUT2D eigenvalue weighted by atomic mass is 16.5. The maximum Gasteiger partial charge on any atom is 0.133 e. The zero-order valence-electron chi connectivity index (χ0n) is 20.3. The standard InChI is InChI=1S/C28H46N2O2/c1-3-7-15-25-17-21-30-20-10-14-24(28(30)31-25)12-6-2-4-8-16-26-18-22-29-19-9-13-23(11-5-1)27(29)32-26/h13-14,25-28H,1-12,15-22H2/t25-,26-,27+,28+/m0/s1. The first kappa shape index (κ1) is 23.1. The molecule has 5 aliphatic heterocycles. The highest BCUT2D eigenvalue weighted by molar-refractivity contribution is 5.14. The Morgan fingerprint density at radius 1 is 0.531 bits per heavy atom. The lowest BCUT2D eigenvalue weighted by atomic mass is 9.95.